The van der Waals surface area contributed by atoms with Gasteiger partial charge in [0.25, 0.3) is 17.6 Å². The highest BCUT2D eigenvalue weighted by Crippen LogP contribution is 2.26. The first-order valence-electron chi connectivity index (χ1n) is 10.8. The fraction of sp³-hybridized carbons (Fsp3) is 0.208. The van der Waals surface area contributed by atoms with Gasteiger partial charge in [-0.1, -0.05) is 18.2 Å². The van der Waals surface area contributed by atoms with E-state index in [1.807, 2.05) is 6.07 Å². The summed E-state index contributed by atoms with van der Waals surface area (Å²) in [7, 11) is 1.44. The van der Waals surface area contributed by atoms with Crippen molar-refractivity contribution in [1.82, 2.24) is 20.3 Å². The van der Waals surface area contributed by atoms with E-state index in [9.17, 15) is 23.6 Å². The molecule has 2 aromatic carbocycles. The van der Waals surface area contributed by atoms with Crippen LogP contribution in [0.4, 0.5) is 4.39 Å². The van der Waals surface area contributed by atoms with Crippen molar-refractivity contribution in [2.45, 2.75) is 0 Å². The number of carbonyl (C=O) groups excluding carboxylic acids is 4. The number of carbonyl (C=O) groups is 4. The number of halogens is 1. The third kappa shape index (κ3) is 4.60. The van der Waals surface area contributed by atoms with Gasteiger partial charge in [-0.05, 0) is 24.3 Å². The van der Waals surface area contributed by atoms with E-state index in [0.717, 1.165) is 6.07 Å². The maximum absolute atomic E-state index is 14.8. The standard InChI is InChI=1S/C24H22FN5O5/c1-26-22(28-35-14-31)16-7-8-18(25)19-17(13-27-20(16)19)21(32)24(34)30-11-9-29(10-12-30)23(33)15-5-3-2-4-6-15/h2-8,13-14,27H,9-12H2,1H3,(H,26,28). The lowest BCUT2D eigenvalue weighted by Gasteiger charge is -2.34. The minimum atomic E-state index is -0.873. The van der Waals surface area contributed by atoms with Crippen LogP contribution >= 0.6 is 0 Å². The largest absolute Gasteiger partial charge is 0.360 e. The van der Waals surface area contributed by atoms with Gasteiger partial charge in [0, 0.05) is 55.9 Å². The van der Waals surface area contributed by atoms with Crippen molar-refractivity contribution in [3.05, 3.63) is 71.2 Å². The van der Waals surface area contributed by atoms with Crippen molar-refractivity contribution >= 4 is 40.8 Å². The summed E-state index contributed by atoms with van der Waals surface area (Å²) in [5.41, 5.74) is 3.31. The topological polar surface area (TPSA) is 124 Å². The number of nitrogens with one attached hydrogen (secondary N) is 2. The van der Waals surface area contributed by atoms with Gasteiger partial charge < -0.3 is 19.6 Å². The Kier molecular flexibility index (Phi) is 6.86. The third-order valence-electron chi connectivity index (χ3n) is 5.78. The predicted molar refractivity (Wildman–Crippen MR) is 124 cm³/mol. The fourth-order valence-corrected chi connectivity index (χ4v) is 4.02. The molecule has 11 heteroatoms. The first-order chi connectivity index (χ1) is 17.0. The van der Waals surface area contributed by atoms with Crippen molar-refractivity contribution in [3.63, 3.8) is 0 Å². The molecular weight excluding hydrogens is 457 g/mol. The second-order valence-corrected chi connectivity index (χ2v) is 7.72. The van der Waals surface area contributed by atoms with Gasteiger partial charge in [0.15, 0.2) is 5.84 Å². The maximum Gasteiger partial charge on any atom is 0.320 e. The van der Waals surface area contributed by atoms with Crippen LogP contribution in [-0.4, -0.2) is 77.9 Å². The summed E-state index contributed by atoms with van der Waals surface area (Å²) in [6.07, 6.45) is 1.26. The molecule has 0 atom stereocenters. The van der Waals surface area contributed by atoms with E-state index in [1.54, 1.807) is 29.2 Å². The Hall–Kier alpha value is -4.54. The number of aromatic nitrogens is 1. The highest BCUT2D eigenvalue weighted by Gasteiger charge is 2.31. The Morgan fingerprint density at radius 1 is 1.03 bits per heavy atom. The van der Waals surface area contributed by atoms with Gasteiger partial charge in [-0.3, -0.25) is 24.2 Å². The summed E-state index contributed by atoms with van der Waals surface area (Å²) < 4.78 is 14.8. The molecule has 3 aromatic rings. The molecule has 0 radical (unpaired) electrons. The Bertz CT molecular complexity index is 1310. The number of piperazine rings is 1. The lowest BCUT2D eigenvalue weighted by molar-refractivity contribution is -0.132. The fourth-order valence-electron chi connectivity index (χ4n) is 4.02. The maximum atomic E-state index is 14.8. The van der Waals surface area contributed by atoms with E-state index in [4.69, 9.17) is 0 Å². The van der Waals surface area contributed by atoms with Gasteiger partial charge >= 0.3 is 6.47 Å². The van der Waals surface area contributed by atoms with Crippen LogP contribution in [0, 0.1) is 5.82 Å². The average Bonchev–Trinajstić information content (AvgIpc) is 3.35. The molecule has 180 valence electrons. The number of rotatable bonds is 6. The number of benzene rings is 2. The number of nitrogens with zero attached hydrogens (tertiary/aromatic N) is 3. The van der Waals surface area contributed by atoms with Crippen LogP contribution in [0.1, 0.15) is 26.3 Å². The molecule has 1 saturated heterocycles. The molecule has 0 saturated carbocycles. The number of amidine groups is 1. The van der Waals surface area contributed by atoms with E-state index in [-0.39, 0.29) is 60.9 Å². The molecular formula is C24H22FN5O5. The van der Waals surface area contributed by atoms with Crippen LogP contribution in [0.5, 0.6) is 0 Å². The summed E-state index contributed by atoms with van der Waals surface area (Å²) in [5, 5.41) is -0.0761. The van der Waals surface area contributed by atoms with Crippen molar-refractivity contribution in [1.29, 1.82) is 0 Å². The van der Waals surface area contributed by atoms with Crippen LogP contribution in [0.2, 0.25) is 0 Å². The summed E-state index contributed by atoms with van der Waals surface area (Å²) in [6.45, 7) is 1.08. The van der Waals surface area contributed by atoms with Crippen molar-refractivity contribution in [2.75, 3.05) is 33.2 Å². The molecule has 0 spiro atoms. The van der Waals surface area contributed by atoms with Crippen LogP contribution in [0.15, 0.2) is 53.7 Å². The normalized spacial score (nSPS) is 14.1. The number of H-pyrrole nitrogens is 1. The average molecular weight is 479 g/mol. The van der Waals surface area contributed by atoms with Crippen LogP contribution in [0.3, 0.4) is 0 Å². The molecule has 2 heterocycles. The van der Waals surface area contributed by atoms with E-state index in [1.165, 1.54) is 24.2 Å². The van der Waals surface area contributed by atoms with E-state index in [2.05, 4.69) is 20.3 Å². The number of ketones is 1. The molecule has 1 aliphatic heterocycles. The monoisotopic (exact) mass is 479 g/mol. The summed E-state index contributed by atoms with van der Waals surface area (Å²) in [6, 6.07) is 11.3. The SMILES string of the molecule is CN=C(NOC=O)c1ccc(F)c2c(C(=O)C(=O)N3CCN(C(=O)c4ccccc4)CC3)c[nH]c12. The van der Waals surface area contributed by atoms with Gasteiger partial charge in [0.2, 0.25) is 0 Å². The molecule has 4 rings (SSSR count). The van der Waals surface area contributed by atoms with E-state index < -0.39 is 17.5 Å². The Morgan fingerprint density at radius 3 is 2.37 bits per heavy atom. The van der Waals surface area contributed by atoms with Gasteiger partial charge in [-0.2, -0.15) is 0 Å². The first kappa shape index (κ1) is 23.6. The van der Waals surface area contributed by atoms with Crippen LogP contribution in [-0.2, 0) is 14.4 Å². The number of aromatic amines is 1. The van der Waals surface area contributed by atoms with Crippen molar-refractivity contribution in [3.8, 4) is 0 Å². The molecule has 2 amide bonds. The summed E-state index contributed by atoms with van der Waals surface area (Å²) >= 11 is 0. The lowest BCUT2D eigenvalue weighted by atomic mass is 10.0. The number of hydrogen-bond acceptors (Lipinski definition) is 6. The summed E-state index contributed by atoms with van der Waals surface area (Å²) in [4.78, 5) is 63.4. The van der Waals surface area contributed by atoms with E-state index >= 15 is 0 Å². The van der Waals surface area contributed by atoms with Gasteiger partial charge in [0.05, 0.1) is 11.1 Å². The van der Waals surface area contributed by atoms with Gasteiger partial charge in [0.1, 0.15) is 5.82 Å². The number of hydroxylamine groups is 1. The second-order valence-electron chi connectivity index (χ2n) is 7.72. The second kappa shape index (κ2) is 10.2. The number of fused-ring (bicyclic) bond motifs is 1. The van der Waals surface area contributed by atoms with Gasteiger partial charge in [-0.15, -0.1) is 0 Å². The molecule has 1 fully saturated rings. The van der Waals surface area contributed by atoms with Crippen molar-refractivity contribution < 1.29 is 28.4 Å². The lowest BCUT2D eigenvalue weighted by Crippen LogP contribution is -2.52. The molecule has 0 bridgehead atoms. The molecule has 1 aromatic heterocycles. The molecule has 0 aliphatic carbocycles. The Labute approximate surface area is 199 Å². The van der Waals surface area contributed by atoms with Crippen molar-refractivity contribution in [2.24, 2.45) is 4.99 Å². The predicted octanol–water partition coefficient (Wildman–Crippen LogP) is 1.53. The zero-order chi connectivity index (χ0) is 24.9. The highest BCUT2D eigenvalue weighted by molar-refractivity contribution is 6.45. The smallest absolute Gasteiger partial charge is 0.320 e. The molecule has 35 heavy (non-hydrogen) atoms. The molecule has 0 unspecified atom stereocenters. The summed E-state index contributed by atoms with van der Waals surface area (Å²) in [5.74, 6) is -2.38. The number of hydrogen-bond donors (Lipinski definition) is 2. The quantitative estimate of drug-likeness (QED) is 0.138. The zero-order valence-corrected chi connectivity index (χ0v) is 18.8. The zero-order valence-electron chi connectivity index (χ0n) is 18.8. The van der Waals surface area contributed by atoms with Crippen LogP contribution in [0.25, 0.3) is 10.9 Å². The Balaban J connectivity index is 1.52. The minimum Gasteiger partial charge on any atom is -0.360 e. The molecule has 2 N–H and O–H groups in total. The number of amides is 2. The number of Topliss-reactive ketones (excluding diaryl/α,β-unsaturated/α-hetero) is 1. The third-order valence-corrected chi connectivity index (χ3v) is 5.78. The molecule has 10 nitrogen and oxygen atoms in total. The minimum absolute atomic E-state index is 0.0761. The van der Waals surface area contributed by atoms with Crippen LogP contribution < -0.4 is 5.48 Å². The Morgan fingerprint density at radius 2 is 1.71 bits per heavy atom. The molecule has 1 aliphatic rings. The number of aliphatic imine (C=N–C) groups is 1. The highest BCUT2D eigenvalue weighted by atomic mass is 19.1. The van der Waals surface area contributed by atoms with E-state index in [0.29, 0.717) is 11.1 Å². The van der Waals surface area contributed by atoms with Gasteiger partial charge in [-0.25, -0.2) is 9.87 Å². The first-order valence-corrected chi connectivity index (χ1v) is 10.8.